The van der Waals surface area contributed by atoms with Gasteiger partial charge in [-0.3, -0.25) is 19.4 Å². The van der Waals surface area contributed by atoms with E-state index in [1.807, 2.05) is 54.6 Å². The first-order valence-electron chi connectivity index (χ1n) is 15.1. The first-order chi connectivity index (χ1) is 22.2. The third-order valence-corrected chi connectivity index (χ3v) is 10.3. The third-order valence-electron chi connectivity index (χ3n) is 8.53. The molecule has 2 aliphatic heterocycles. The summed E-state index contributed by atoms with van der Waals surface area (Å²) in [4.78, 5) is 46.5. The number of ketones is 1. The Bertz CT molecular complexity index is 1820. The van der Waals surface area contributed by atoms with Crippen LogP contribution < -0.4 is 10.1 Å². The molecular formula is C35H34N4O6S. The van der Waals surface area contributed by atoms with Gasteiger partial charge in [-0.1, -0.05) is 60.7 Å². The summed E-state index contributed by atoms with van der Waals surface area (Å²) in [6, 6.07) is 26.5. The number of hydrogen-bond donors (Lipinski definition) is 1. The van der Waals surface area contributed by atoms with Crippen LogP contribution in [0.1, 0.15) is 28.0 Å². The van der Waals surface area contributed by atoms with E-state index >= 15 is 0 Å². The van der Waals surface area contributed by atoms with Gasteiger partial charge in [-0.25, -0.2) is 8.42 Å². The van der Waals surface area contributed by atoms with Crippen molar-refractivity contribution in [2.75, 3.05) is 20.2 Å². The van der Waals surface area contributed by atoms with E-state index in [4.69, 9.17) is 4.74 Å². The Kier molecular flexibility index (Phi) is 8.96. The topological polar surface area (TPSA) is 126 Å². The molecule has 2 saturated heterocycles. The summed E-state index contributed by atoms with van der Waals surface area (Å²) in [5.41, 5.74) is 3.52. The molecule has 2 aliphatic rings. The number of nitrogens with one attached hydrogen (secondary N) is 1. The number of aromatic nitrogens is 1. The van der Waals surface area contributed by atoms with E-state index in [9.17, 15) is 22.8 Å². The van der Waals surface area contributed by atoms with Crippen molar-refractivity contribution in [2.24, 2.45) is 0 Å². The third kappa shape index (κ3) is 6.56. The van der Waals surface area contributed by atoms with Gasteiger partial charge in [-0.2, -0.15) is 4.31 Å². The standard InChI is InChI=1S/C35H34N4O6S/c1-45-29-16-10-24(11-17-29)21-30(37-34(41)27-14-12-26(13-15-27)25-7-3-2-4-8-25)35(42)38-20-18-31-33(38)32(40)22-39(31)46(43,44)23-28-9-5-6-19-36-28/h2-17,19,30-31,33H,18,20-23H2,1H3,(H,37,41). The second-order valence-electron chi connectivity index (χ2n) is 11.4. The monoisotopic (exact) mass is 638 g/mol. The predicted molar refractivity (Wildman–Crippen MR) is 172 cm³/mol. The average molecular weight is 639 g/mol. The number of carbonyl (C=O) groups excluding carboxylic acids is 3. The lowest BCUT2D eigenvalue weighted by atomic mass is 10.0. The number of Topliss-reactive ketones (excluding diaryl/α,β-unsaturated/α-hetero) is 1. The molecule has 11 heteroatoms. The molecule has 0 bridgehead atoms. The van der Waals surface area contributed by atoms with Crippen molar-refractivity contribution in [3.05, 3.63) is 120 Å². The number of pyridine rings is 1. The largest absolute Gasteiger partial charge is 0.497 e. The highest BCUT2D eigenvalue weighted by Gasteiger charge is 2.54. The maximum absolute atomic E-state index is 14.2. The molecule has 46 heavy (non-hydrogen) atoms. The van der Waals surface area contributed by atoms with Crippen LogP contribution in [-0.4, -0.2) is 78.5 Å². The van der Waals surface area contributed by atoms with Crippen LogP contribution in [0.3, 0.4) is 0 Å². The Labute approximate surface area is 268 Å². The number of benzene rings is 3. The number of fused-ring (bicyclic) bond motifs is 1. The molecule has 0 radical (unpaired) electrons. The number of amides is 2. The molecule has 1 N–H and O–H groups in total. The van der Waals surface area contributed by atoms with Gasteiger partial charge in [-0.05, 0) is 59.5 Å². The van der Waals surface area contributed by atoms with Crippen molar-refractivity contribution >= 4 is 27.6 Å². The summed E-state index contributed by atoms with van der Waals surface area (Å²) in [6.07, 6.45) is 2.00. The molecule has 0 aliphatic carbocycles. The quantitative estimate of drug-likeness (QED) is 0.282. The zero-order chi connectivity index (χ0) is 32.3. The van der Waals surface area contributed by atoms with Gasteiger partial charge in [0.15, 0.2) is 5.78 Å². The Balaban J connectivity index is 1.22. The van der Waals surface area contributed by atoms with Crippen LogP contribution in [0.4, 0.5) is 0 Å². The van der Waals surface area contributed by atoms with Crippen molar-refractivity contribution in [1.82, 2.24) is 19.5 Å². The van der Waals surface area contributed by atoms with Gasteiger partial charge in [0.2, 0.25) is 15.9 Å². The summed E-state index contributed by atoms with van der Waals surface area (Å²) in [5.74, 6) is -0.890. The van der Waals surface area contributed by atoms with E-state index in [-0.39, 0.29) is 31.0 Å². The van der Waals surface area contributed by atoms with Crippen LogP contribution in [0.5, 0.6) is 5.75 Å². The molecule has 1 aromatic heterocycles. The maximum atomic E-state index is 14.2. The fraction of sp³-hybridized carbons (Fsp3) is 0.257. The molecule has 6 rings (SSSR count). The van der Waals surface area contributed by atoms with Gasteiger partial charge < -0.3 is 15.0 Å². The molecule has 3 unspecified atom stereocenters. The van der Waals surface area contributed by atoms with Gasteiger partial charge >= 0.3 is 0 Å². The molecule has 236 valence electrons. The minimum Gasteiger partial charge on any atom is -0.497 e. The van der Waals surface area contributed by atoms with Crippen molar-refractivity contribution < 1.29 is 27.5 Å². The Morgan fingerprint density at radius 3 is 2.30 bits per heavy atom. The molecule has 2 fully saturated rings. The molecule has 3 heterocycles. The molecule has 2 amide bonds. The summed E-state index contributed by atoms with van der Waals surface area (Å²) >= 11 is 0. The van der Waals surface area contributed by atoms with E-state index in [0.717, 1.165) is 16.7 Å². The first-order valence-corrected chi connectivity index (χ1v) is 16.7. The van der Waals surface area contributed by atoms with Crippen LogP contribution in [0.25, 0.3) is 11.1 Å². The minimum atomic E-state index is -3.87. The molecule has 3 aromatic carbocycles. The minimum absolute atomic E-state index is 0.167. The van der Waals surface area contributed by atoms with Gasteiger partial charge in [0.25, 0.3) is 5.91 Å². The van der Waals surface area contributed by atoms with Crippen molar-refractivity contribution in [3.8, 4) is 16.9 Å². The van der Waals surface area contributed by atoms with Crippen LogP contribution >= 0.6 is 0 Å². The highest BCUT2D eigenvalue weighted by molar-refractivity contribution is 7.88. The summed E-state index contributed by atoms with van der Waals surface area (Å²) in [5, 5.41) is 2.90. The lowest BCUT2D eigenvalue weighted by molar-refractivity contribution is -0.138. The second-order valence-corrected chi connectivity index (χ2v) is 13.4. The highest BCUT2D eigenvalue weighted by Crippen LogP contribution is 2.33. The fourth-order valence-electron chi connectivity index (χ4n) is 6.22. The normalized spacial score (nSPS) is 18.6. The zero-order valence-electron chi connectivity index (χ0n) is 25.3. The Morgan fingerprint density at radius 1 is 0.935 bits per heavy atom. The molecule has 10 nitrogen and oxygen atoms in total. The van der Waals surface area contributed by atoms with Crippen LogP contribution in [0, 0.1) is 0 Å². The van der Waals surface area contributed by atoms with Crippen LogP contribution in [-0.2, 0) is 31.8 Å². The maximum Gasteiger partial charge on any atom is 0.251 e. The Hall–Kier alpha value is -4.87. The van der Waals surface area contributed by atoms with Gasteiger partial charge in [0.1, 0.15) is 23.6 Å². The number of hydrogen-bond acceptors (Lipinski definition) is 7. The molecule has 0 saturated carbocycles. The summed E-state index contributed by atoms with van der Waals surface area (Å²) in [7, 11) is -2.31. The van der Waals surface area contributed by atoms with E-state index < -0.39 is 40.0 Å². The Morgan fingerprint density at radius 2 is 1.63 bits per heavy atom. The molecular weight excluding hydrogens is 604 g/mol. The molecule has 0 spiro atoms. The van der Waals surface area contributed by atoms with Gasteiger partial charge in [-0.15, -0.1) is 0 Å². The summed E-state index contributed by atoms with van der Waals surface area (Å²) < 4.78 is 33.2. The van der Waals surface area contributed by atoms with E-state index in [1.54, 1.807) is 49.6 Å². The number of methoxy groups -OCH3 is 1. The van der Waals surface area contributed by atoms with Crippen LogP contribution in [0.2, 0.25) is 0 Å². The number of carbonyl (C=O) groups is 3. The van der Waals surface area contributed by atoms with E-state index in [0.29, 0.717) is 23.4 Å². The predicted octanol–water partition coefficient (Wildman–Crippen LogP) is 3.48. The van der Waals surface area contributed by atoms with E-state index in [2.05, 4.69) is 10.3 Å². The van der Waals surface area contributed by atoms with E-state index in [1.165, 1.54) is 15.4 Å². The zero-order valence-corrected chi connectivity index (χ0v) is 26.1. The van der Waals surface area contributed by atoms with Gasteiger partial charge in [0, 0.05) is 24.7 Å². The number of likely N-dealkylation sites (tertiary alicyclic amines) is 1. The summed E-state index contributed by atoms with van der Waals surface area (Å²) in [6.45, 7) is -0.117. The molecule has 3 atom stereocenters. The number of ether oxygens (including phenoxy) is 1. The first kappa shape index (κ1) is 31.1. The lowest BCUT2D eigenvalue weighted by Crippen LogP contribution is -2.53. The number of rotatable bonds is 10. The van der Waals surface area contributed by atoms with Crippen molar-refractivity contribution in [2.45, 2.75) is 36.7 Å². The number of nitrogens with zero attached hydrogens (tertiary/aromatic N) is 3. The van der Waals surface area contributed by atoms with Crippen molar-refractivity contribution in [1.29, 1.82) is 0 Å². The van der Waals surface area contributed by atoms with Crippen LogP contribution in [0.15, 0.2) is 103 Å². The van der Waals surface area contributed by atoms with Crippen molar-refractivity contribution in [3.63, 3.8) is 0 Å². The SMILES string of the molecule is COc1ccc(CC(NC(=O)c2ccc(-c3ccccc3)cc2)C(=O)N2CCC3C2C(=O)CN3S(=O)(=O)Cc2ccccn2)cc1. The number of sulfonamides is 1. The highest BCUT2D eigenvalue weighted by atomic mass is 32.2. The average Bonchev–Trinajstić information content (AvgIpc) is 3.66. The second kappa shape index (κ2) is 13.2. The van der Waals surface area contributed by atoms with Gasteiger partial charge in [0.05, 0.1) is 25.4 Å². The molecule has 4 aromatic rings. The smallest absolute Gasteiger partial charge is 0.251 e. The fourth-order valence-corrected chi connectivity index (χ4v) is 7.89. The lowest BCUT2D eigenvalue weighted by Gasteiger charge is -2.28.